The summed E-state index contributed by atoms with van der Waals surface area (Å²) >= 11 is 11.9. The van der Waals surface area contributed by atoms with Gasteiger partial charge in [-0.1, -0.05) is 60.1 Å². The summed E-state index contributed by atoms with van der Waals surface area (Å²) in [6.45, 7) is 0. The largest absolute Gasteiger partial charge is 0.356 e. The molecule has 0 bridgehead atoms. The van der Waals surface area contributed by atoms with E-state index >= 15 is 0 Å². The Morgan fingerprint density at radius 2 is 1.78 bits per heavy atom. The number of anilines is 1. The molecule has 0 radical (unpaired) electrons. The highest BCUT2D eigenvalue weighted by Crippen LogP contribution is 2.45. The number of para-hydroxylation sites is 1. The molecule has 7 heteroatoms. The van der Waals surface area contributed by atoms with Crippen molar-refractivity contribution in [1.29, 1.82) is 0 Å². The Labute approximate surface area is 194 Å². The molecule has 6 rings (SSSR count). The van der Waals surface area contributed by atoms with Crippen LogP contribution in [0.5, 0.6) is 0 Å². The van der Waals surface area contributed by atoms with Crippen molar-refractivity contribution in [2.75, 3.05) is 4.90 Å². The average Bonchev–Trinajstić information content (AvgIpc) is 3.30. The summed E-state index contributed by atoms with van der Waals surface area (Å²) < 4.78 is 13.8. The normalized spacial score (nSPS) is 20.1. The number of benzene rings is 3. The minimum atomic E-state index is -0.533. The predicted octanol–water partition coefficient (Wildman–Crippen LogP) is 5.61. The predicted molar refractivity (Wildman–Crippen MR) is 127 cm³/mol. The zero-order valence-electron chi connectivity index (χ0n) is 16.8. The molecule has 1 saturated heterocycles. The van der Waals surface area contributed by atoms with Gasteiger partial charge < -0.3 is 9.88 Å². The number of carbonyl (C=O) groups is 1. The van der Waals surface area contributed by atoms with Crippen LogP contribution in [0, 0.1) is 5.82 Å². The number of amides is 1. The lowest BCUT2D eigenvalue weighted by molar-refractivity contribution is -0.120. The molecule has 1 aromatic heterocycles. The molecule has 1 N–H and O–H groups in total. The van der Waals surface area contributed by atoms with E-state index in [2.05, 4.69) is 11.1 Å². The van der Waals surface area contributed by atoms with E-state index in [-0.39, 0.29) is 17.0 Å². The molecule has 2 atom stereocenters. The number of thiocarbonyl (C=S) groups is 1. The molecule has 4 nitrogen and oxygen atoms in total. The van der Waals surface area contributed by atoms with Crippen molar-refractivity contribution in [3.63, 3.8) is 0 Å². The van der Waals surface area contributed by atoms with Gasteiger partial charge in [0.05, 0.1) is 16.8 Å². The lowest BCUT2D eigenvalue weighted by Crippen LogP contribution is -2.44. The zero-order chi connectivity index (χ0) is 22.0. The van der Waals surface area contributed by atoms with Crippen molar-refractivity contribution < 1.29 is 9.18 Å². The number of aromatic nitrogens is 1. The molecule has 0 aliphatic carbocycles. The van der Waals surface area contributed by atoms with Crippen molar-refractivity contribution in [3.05, 3.63) is 100 Å². The van der Waals surface area contributed by atoms with E-state index in [0.717, 1.165) is 27.7 Å². The molecule has 3 heterocycles. The van der Waals surface area contributed by atoms with E-state index in [9.17, 15) is 9.18 Å². The minimum absolute atomic E-state index is 0.0428. The second kappa shape index (κ2) is 7.15. The fraction of sp³-hybridized carbons (Fsp3) is 0.120. The summed E-state index contributed by atoms with van der Waals surface area (Å²) in [6, 6.07) is 21.7. The third kappa shape index (κ3) is 2.73. The molecule has 4 aromatic rings. The first-order valence-corrected chi connectivity index (χ1v) is 11.1. The van der Waals surface area contributed by atoms with Crippen LogP contribution >= 0.6 is 23.8 Å². The van der Waals surface area contributed by atoms with Gasteiger partial charge in [0.2, 0.25) is 0 Å². The standard InChI is InChI=1S/C25H17ClFN3OS/c26-18-12-15(10-11-19(18)27)29-24(31)21-13-17-16-8-4-5-9-20(16)28-22(17)23(30(21)25(29)32)14-6-2-1-3-7-14/h1-12,21,23,28H,13H2/t21-,23-/m0/s1. The lowest BCUT2D eigenvalue weighted by Gasteiger charge is -2.37. The second-order valence-electron chi connectivity index (χ2n) is 8.06. The molecular weight excluding hydrogens is 445 g/mol. The number of H-pyrrole nitrogens is 1. The van der Waals surface area contributed by atoms with Gasteiger partial charge in [-0.25, -0.2) is 4.39 Å². The number of halogens is 2. The Morgan fingerprint density at radius 3 is 2.56 bits per heavy atom. The topological polar surface area (TPSA) is 39.3 Å². The van der Waals surface area contributed by atoms with Gasteiger partial charge in [-0.2, -0.15) is 0 Å². The minimum Gasteiger partial charge on any atom is -0.356 e. The first-order chi connectivity index (χ1) is 15.5. The average molecular weight is 462 g/mol. The van der Waals surface area contributed by atoms with Gasteiger partial charge in [0.15, 0.2) is 5.11 Å². The number of carbonyl (C=O) groups excluding carboxylic acids is 1. The first-order valence-electron chi connectivity index (χ1n) is 10.3. The Kier molecular flexibility index (Phi) is 4.35. The smallest absolute Gasteiger partial charge is 0.256 e. The van der Waals surface area contributed by atoms with Crippen molar-refractivity contribution in [3.8, 4) is 0 Å². The zero-order valence-corrected chi connectivity index (χ0v) is 18.3. The Hall–Kier alpha value is -3.22. The van der Waals surface area contributed by atoms with E-state index < -0.39 is 11.9 Å². The summed E-state index contributed by atoms with van der Waals surface area (Å²) in [5.74, 6) is -0.663. The molecule has 32 heavy (non-hydrogen) atoms. The molecule has 1 amide bonds. The SMILES string of the molecule is O=C1[C@@H]2Cc3c([nH]c4ccccc34)[C@H](c3ccccc3)N2C(=S)N1c1ccc(F)c(Cl)c1. The van der Waals surface area contributed by atoms with Crippen LogP contribution in [-0.2, 0) is 11.2 Å². The summed E-state index contributed by atoms with van der Waals surface area (Å²) in [5.41, 5.74) is 4.73. The van der Waals surface area contributed by atoms with Crippen molar-refractivity contribution in [1.82, 2.24) is 9.88 Å². The molecule has 0 unspecified atom stereocenters. The van der Waals surface area contributed by atoms with E-state index in [1.807, 2.05) is 53.4 Å². The van der Waals surface area contributed by atoms with Crippen molar-refractivity contribution >= 4 is 51.4 Å². The van der Waals surface area contributed by atoms with Crippen LogP contribution in [-0.4, -0.2) is 26.9 Å². The summed E-state index contributed by atoms with van der Waals surface area (Å²) in [7, 11) is 0. The quantitative estimate of drug-likeness (QED) is 0.394. The van der Waals surface area contributed by atoms with E-state index in [0.29, 0.717) is 17.2 Å². The molecule has 0 saturated carbocycles. The number of hydrogen-bond acceptors (Lipinski definition) is 2. The number of nitrogens with one attached hydrogen (secondary N) is 1. The van der Waals surface area contributed by atoms with Gasteiger partial charge in [0, 0.05) is 23.0 Å². The van der Waals surface area contributed by atoms with Gasteiger partial charge in [0.25, 0.3) is 5.91 Å². The van der Waals surface area contributed by atoms with Gasteiger partial charge in [-0.05, 0) is 47.6 Å². The number of aromatic amines is 1. The highest BCUT2D eigenvalue weighted by atomic mass is 35.5. The highest BCUT2D eigenvalue weighted by Gasteiger charge is 2.51. The van der Waals surface area contributed by atoms with E-state index in [1.54, 1.807) is 0 Å². The third-order valence-corrected chi connectivity index (χ3v) is 7.01. The number of rotatable bonds is 2. The van der Waals surface area contributed by atoms with Gasteiger partial charge in [0.1, 0.15) is 11.9 Å². The lowest BCUT2D eigenvalue weighted by atomic mass is 9.89. The molecule has 3 aromatic carbocycles. The third-order valence-electron chi connectivity index (χ3n) is 6.33. The van der Waals surface area contributed by atoms with Crippen LogP contribution in [0.25, 0.3) is 10.9 Å². The van der Waals surface area contributed by atoms with E-state index in [1.165, 1.54) is 23.1 Å². The summed E-state index contributed by atoms with van der Waals surface area (Å²) in [4.78, 5) is 20.7. The fourth-order valence-electron chi connectivity index (χ4n) is 4.92. The van der Waals surface area contributed by atoms with Crippen LogP contribution in [0.15, 0.2) is 72.8 Å². The number of fused-ring (bicyclic) bond motifs is 4. The van der Waals surface area contributed by atoms with Crippen LogP contribution in [0.4, 0.5) is 10.1 Å². The molecule has 2 aliphatic heterocycles. The van der Waals surface area contributed by atoms with E-state index in [4.69, 9.17) is 23.8 Å². The van der Waals surface area contributed by atoms with Gasteiger partial charge in [-0.15, -0.1) is 0 Å². The molecule has 158 valence electrons. The monoisotopic (exact) mass is 461 g/mol. The molecule has 2 aliphatic rings. The van der Waals surface area contributed by atoms with Crippen LogP contribution in [0.1, 0.15) is 22.9 Å². The number of nitrogens with zero attached hydrogens (tertiary/aromatic N) is 2. The van der Waals surface area contributed by atoms with Crippen molar-refractivity contribution in [2.45, 2.75) is 18.5 Å². The molecular formula is C25H17ClFN3OS. The molecule has 1 fully saturated rings. The van der Waals surface area contributed by atoms with Crippen molar-refractivity contribution in [2.24, 2.45) is 0 Å². The van der Waals surface area contributed by atoms with Crippen LogP contribution in [0.2, 0.25) is 5.02 Å². The van der Waals surface area contributed by atoms with Crippen LogP contribution in [0.3, 0.4) is 0 Å². The molecule has 0 spiro atoms. The van der Waals surface area contributed by atoms with Gasteiger partial charge >= 0.3 is 0 Å². The fourth-order valence-corrected chi connectivity index (χ4v) is 5.52. The van der Waals surface area contributed by atoms with Gasteiger partial charge in [-0.3, -0.25) is 9.69 Å². The Balaban J connectivity index is 1.54. The highest BCUT2D eigenvalue weighted by molar-refractivity contribution is 7.80. The Bertz CT molecular complexity index is 1400. The maximum Gasteiger partial charge on any atom is 0.256 e. The maximum atomic E-state index is 13.8. The summed E-state index contributed by atoms with van der Waals surface area (Å²) in [6.07, 6.45) is 0.535. The summed E-state index contributed by atoms with van der Waals surface area (Å²) in [5, 5.41) is 1.46. The number of hydrogen-bond donors (Lipinski definition) is 1. The second-order valence-corrected chi connectivity index (χ2v) is 8.83. The first kappa shape index (κ1) is 19.5. The Morgan fingerprint density at radius 1 is 1.03 bits per heavy atom. The maximum absolute atomic E-state index is 13.8. The van der Waals surface area contributed by atoms with Crippen LogP contribution < -0.4 is 4.90 Å².